The highest BCUT2D eigenvalue weighted by Gasteiger charge is 2.38. The summed E-state index contributed by atoms with van der Waals surface area (Å²) >= 11 is 5.60. The lowest BCUT2D eigenvalue weighted by Gasteiger charge is -2.05. The molecule has 1 saturated carbocycles. The van der Waals surface area contributed by atoms with Gasteiger partial charge < -0.3 is 0 Å². The number of nitrogens with zero attached hydrogens (tertiary/aromatic N) is 1. The molecular formula is C10H13ClN2O2S. The van der Waals surface area contributed by atoms with Gasteiger partial charge in [-0.05, 0) is 24.5 Å². The number of pyridine rings is 1. The molecule has 4 nitrogen and oxygen atoms in total. The molecule has 1 N–H and O–H groups in total. The molecule has 0 aliphatic heterocycles. The molecule has 2 atom stereocenters. The fraction of sp³-hybridized carbons (Fsp3) is 0.500. The normalized spacial score (nSPS) is 24.4. The van der Waals surface area contributed by atoms with Crippen molar-refractivity contribution in [3.8, 4) is 0 Å². The van der Waals surface area contributed by atoms with Gasteiger partial charge in [-0.2, -0.15) is 0 Å². The minimum atomic E-state index is -3.43. The van der Waals surface area contributed by atoms with Gasteiger partial charge in [0.2, 0.25) is 10.0 Å². The van der Waals surface area contributed by atoms with Crippen LogP contribution in [0.5, 0.6) is 0 Å². The summed E-state index contributed by atoms with van der Waals surface area (Å²) in [5.41, 5.74) is 0. The zero-order valence-corrected chi connectivity index (χ0v) is 10.4. The Balaban J connectivity index is 2.10. The van der Waals surface area contributed by atoms with Crippen molar-refractivity contribution in [1.82, 2.24) is 9.71 Å². The molecule has 16 heavy (non-hydrogen) atoms. The van der Waals surface area contributed by atoms with Crippen molar-refractivity contribution < 1.29 is 8.42 Å². The lowest BCUT2D eigenvalue weighted by molar-refractivity contribution is 0.575. The Morgan fingerprint density at radius 2 is 2.31 bits per heavy atom. The van der Waals surface area contributed by atoms with E-state index in [-0.39, 0.29) is 16.1 Å². The van der Waals surface area contributed by atoms with Crippen LogP contribution in [0.15, 0.2) is 23.2 Å². The Hall–Kier alpha value is -0.650. The first-order valence-corrected chi connectivity index (χ1v) is 7.03. The predicted molar refractivity (Wildman–Crippen MR) is 61.8 cm³/mol. The van der Waals surface area contributed by atoms with Gasteiger partial charge in [-0.25, -0.2) is 18.1 Å². The molecule has 0 radical (unpaired) electrons. The summed E-state index contributed by atoms with van der Waals surface area (Å²) < 4.78 is 26.4. The summed E-state index contributed by atoms with van der Waals surface area (Å²) in [5.74, 6) is 0.482. The quantitative estimate of drug-likeness (QED) is 0.840. The molecule has 1 aromatic heterocycles. The van der Waals surface area contributed by atoms with Crippen LogP contribution in [-0.2, 0) is 10.0 Å². The fourth-order valence-electron chi connectivity index (χ4n) is 1.63. The van der Waals surface area contributed by atoms with Crippen molar-refractivity contribution in [2.75, 3.05) is 0 Å². The first kappa shape index (κ1) is 11.8. The number of nitrogens with one attached hydrogen (secondary N) is 1. The number of halogens is 1. The summed E-state index contributed by atoms with van der Waals surface area (Å²) in [7, 11) is -3.43. The molecule has 6 heteroatoms. The van der Waals surface area contributed by atoms with Crippen molar-refractivity contribution in [3.05, 3.63) is 23.5 Å². The molecule has 1 aromatic rings. The van der Waals surface area contributed by atoms with Gasteiger partial charge in [0.15, 0.2) is 0 Å². The first-order chi connectivity index (χ1) is 7.53. The molecule has 0 spiro atoms. The molecule has 1 heterocycles. The lowest BCUT2D eigenvalue weighted by Crippen LogP contribution is -2.27. The van der Waals surface area contributed by atoms with E-state index in [2.05, 4.69) is 16.6 Å². The van der Waals surface area contributed by atoms with Gasteiger partial charge in [0.25, 0.3) is 0 Å². The van der Waals surface area contributed by atoms with E-state index in [4.69, 9.17) is 11.6 Å². The average Bonchev–Trinajstić information content (AvgIpc) is 2.96. The van der Waals surface area contributed by atoms with E-state index in [1.807, 2.05) is 0 Å². The van der Waals surface area contributed by atoms with Gasteiger partial charge >= 0.3 is 0 Å². The number of rotatable bonds is 4. The smallest absolute Gasteiger partial charge is 0.242 e. The topological polar surface area (TPSA) is 59.1 Å². The molecule has 1 aliphatic rings. The second-order valence-corrected chi connectivity index (χ2v) is 6.05. The molecule has 2 rings (SSSR count). The van der Waals surface area contributed by atoms with E-state index in [1.54, 1.807) is 0 Å². The largest absolute Gasteiger partial charge is 0.243 e. The number of hydrogen-bond donors (Lipinski definition) is 1. The molecule has 0 saturated heterocycles. The van der Waals surface area contributed by atoms with Crippen molar-refractivity contribution >= 4 is 21.6 Å². The van der Waals surface area contributed by atoms with Crippen LogP contribution in [0.2, 0.25) is 5.15 Å². The summed E-state index contributed by atoms with van der Waals surface area (Å²) in [6.07, 6.45) is 3.21. The standard InChI is InChI=1S/C10H13ClN2O2S/c1-2-7-5-9(7)13-16(14,15)8-3-4-10(11)12-6-8/h3-4,6-7,9,13H,2,5H2,1H3. The second-order valence-electron chi connectivity index (χ2n) is 3.95. The number of sulfonamides is 1. The van der Waals surface area contributed by atoms with Gasteiger partial charge in [-0.1, -0.05) is 24.9 Å². The van der Waals surface area contributed by atoms with E-state index in [0.29, 0.717) is 5.92 Å². The summed E-state index contributed by atoms with van der Waals surface area (Å²) in [5, 5.41) is 0.289. The van der Waals surface area contributed by atoms with Crippen molar-refractivity contribution in [3.63, 3.8) is 0 Å². The van der Waals surface area contributed by atoms with Crippen LogP contribution < -0.4 is 4.72 Å². The zero-order chi connectivity index (χ0) is 11.8. The third kappa shape index (κ3) is 2.53. The molecule has 1 aliphatic carbocycles. The van der Waals surface area contributed by atoms with Gasteiger partial charge in [0.05, 0.1) is 0 Å². The maximum absolute atomic E-state index is 11.9. The maximum atomic E-state index is 11.9. The minimum Gasteiger partial charge on any atom is -0.243 e. The molecule has 0 bridgehead atoms. The summed E-state index contributed by atoms with van der Waals surface area (Å²) in [4.78, 5) is 3.92. The molecule has 2 unspecified atom stereocenters. The van der Waals surface area contributed by atoms with Gasteiger partial charge in [0, 0.05) is 12.2 Å². The summed E-state index contributed by atoms with van der Waals surface area (Å²) in [6, 6.07) is 3.02. The van der Waals surface area contributed by atoms with E-state index in [9.17, 15) is 8.42 Å². The van der Waals surface area contributed by atoms with E-state index in [0.717, 1.165) is 12.8 Å². The van der Waals surface area contributed by atoms with Crippen LogP contribution in [0.3, 0.4) is 0 Å². The molecular weight excluding hydrogens is 248 g/mol. The Labute approximate surface area is 100 Å². The first-order valence-electron chi connectivity index (χ1n) is 5.17. The molecule has 1 fully saturated rings. The van der Waals surface area contributed by atoms with Crippen molar-refractivity contribution in [2.45, 2.75) is 30.7 Å². The van der Waals surface area contributed by atoms with Gasteiger partial charge in [-0.3, -0.25) is 0 Å². The monoisotopic (exact) mass is 260 g/mol. The van der Waals surface area contributed by atoms with E-state index < -0.39 is 10.0 Å². The Morgan fingerprint density at radius 3 is 2.81 bits per heavy atom. The fourth-order valence-corrected chi connectivity index (χ4v) is 3.01. The highest BCUT2D eigenvalue weighted by atomic mass is 35.5. The van der Waals surface area contributed by atoms with Crippen molar-refractivity contribution in [1.29, 1.82) is 0 Å². The third-order valence-corrected chi connectivity index (χ3v) is 4.46. The lowest BCUT2D eigenvalue weighted by atomic mass is 10.3. The summed E-state index contributed by atoms with van der Waals surface area (Å²) in [6.45, 7) is 2.06. The van der Waals surface area contributed by atoms with Crippen molar-refractivity contribution in [2.24, 2.45) is 5.92 Å². The number of hydrogen-bond acceptors (Lipinski definition) is 3. The minimum absolute atomic E-state index is 0.0886. The Bertz CT molecular complexity index is 472. The van der Waals surface area contributed by atoms with Crippen LogP contribution in [0.1, 0.15) is 19.8 Å². The van der Waals surface area contributed by atoms with Crippen LogP contribution >= 0.6 is 11.6 Å². The zero-order valence-electron chi connectivity index (χ0n) is 8.85. The molecule has 0 amide bonds. The van der Waals surface area contributed by atoms with Crippen LogP contribution in [0.4, 0.5) is 0 Å². The Morgan fingerprint density at radius 1 is 1.56 bits per heavy atom. The number of aromatic nitrogens is 1. The SMILES string of the molecule is CCC1CC1NS(=O)(=O)c1ccc(Cl)nc1. The molecule has 0 aromatic carbocycles. The van der Waals surface area contributed by atoms with Gasteiger partial charge in [0.1, 0.15) is 10.0 Å². The third-order valence-electron chi connectivity index (χ3n) is 2.76. The van der Waals surface area contributed by atoms with Crippen LogP contribution in [-0.4, -0.2) is 19.4 Å². The van der Waals surface area contributed by atoms with E-state index in [1.165, 1.54) is 18.3 Å². The Kier molecular flexibility index (Phi) is 3.19. The second kappa shape index (κ2) is 4.31. The maximum Gasteiger partial charge on any atom is 0.242 e. The van der Waals surface area contributed by atoms with Crippen LogP contribution in [0.25, 0.3) is 0 Å². The highest BCUT2D eigenvalue weighted by Crippen LogP contribution is 2.34. The highest BCUT2D eigenvalue weighted by molar-refractivity contribution is 7.89. The van der Waals surface area contributed by atoms with Gasteiger partial charge in [-0.15, -0.1) is 0 Å². The molecule has 88 valence electrons. The van der Waals surface area contributed by atoms with E-state index >= 15 is 0 Å². The predicted octanol–water partition coefficient (Wildman–Crippen LogP) is 1.81. The van der Waals surface area contributed by atoms with Crippen LogP contribution in [0, 0.1) is 5.92 Å². The average molecular weight is 261 g/mol.